The number of aliphatic carboxylic acids is 1. The average Bonchev–Trinajstić information content (AvgIpc) is 2.83. The third kappa shape index (κ3) is 4.15. The number of benzene rings is 3. The Morgan fingerprint density at radius 1 is 0.882 bits per heavy atom. The predicted octanol–water partition coefficient (Wildman–Crippen LogP) is 4.04. The highest BCUT2D eigenvalue weighted by molar-refractivity contribution is 7.91. The molecule has 0 radical (unpaired) electrons. The number of sulfone groups is 1. The summed E-state index contributed by atoms with van der Waals surface area (Å²) in [6, 6.07) is 23.6. The third-order valence-corrected chi connectivity index (χ3v) is 6.77. The van der Waals surface area contributed by atoms with Gasteiger partial charge in [-0.2, -0.15) is 0 Å². The zero-order chi connectivity index (χ0) is 24.5. The van der Waals surface area contributed by atoms with Gasteiger partial charge in [0, 0.05) is 17.2 Å². The van der Waals surface area contributed by atoms with Gasteiger partial charge in [0.05, 0.1) is 16.8 Å². The number of para-hydroxylation sites is 1. The molecule has 0 aliphatic carbocycles. The van der Waals surface area contributed by atoms with Gasteiger partial charge in [0.25, 0.3) is 5.91 Å². The maximum Gasteiger partial charge on any atom is 0.333 e. The van der Waals surface area contributed by atoms with E-state index in [1.54, 1.807) is 84.9 Å². The van der Waals surface area contributed by atoms with Crippen LogP contribution in [0.25, 0.3) is 22.2 Å². The quantitative estimate of drug-likeness (QED) is 0.436. The van der Waals surface area contributed by atoms with Gasteiger partial charge in [-0.1, -0.05) is 78.9 Å². The highest BCUT2D eigenvalue weighted by Crippen LogP contribution is 2.34. The van der Waals surface area contributed by atoms with Gasteiger partial charge in [-0.15, -0.1) is 0 Å². The van der Waals surface area contributed by atoms with Crippen molar-refractivity contribution in [1.29, 1.82) is 0 Å². The average molecular weight is 475 g/mol. The van der Waals surface area contributed by atoms with E-state index in [-0.39, 0.29) is 16.2 Å². The molecular weight excluding hydrogens is 452 g/mol. The number of fused-ring (bicyclic) bond motifs is 1. The SMILES string of the molecule is CC(NC(=O)c1c(S(C)(=O)=O)c(-c2ccccc2)nc2ccccc12)(C(=O)O)c1ccccc1. The van der Waals surface area contributed by atoms with Gasteiger partial charge in [0.15, 0.2) is 15.4 Å². The van der Waals surface area contributed by atoms with E-state index in [0.717, 1.165) is 6.26 Å². The maximum absolute atomic E-state index is 13.7. The largest absolute Gasteiger partial charge is 0.479 e. The Labute approximate surface area is 197 Å². The lowest BCUT2D eigenvalue weighted by atomic mass is 9.91. The summed E-state index contributed by atoms with van der Waals surface area (Å²) in [5, 5.41) is 12.9. The number of aromatic nitrogens is 1. The first-order valence-electron chi connectivity index (χ1n) is 10.4. The molecule has 4 aromatic rings. The first-order valence-corrected chi connectivity index (χ1v) is 12.3. The van der Waals surface area contributed by atoms with Crippen molar-refractivity contribution >= 4 is 32.6 Å². The van der Waals surface area contributed by atoms with Crippen LogP contribution in [-0.4, -0.2) is 36.6 Å². The van der Waals surface area contributed by atoms with E-state index in [4.69, 9.17) is 0 Å². The molecular formula is C26H22N2O5S. The van der Waals surface area contributed by atoms with E-state index in [1.807, 2.05) is 0 Å². The van der Waals surface area contributed by atoms with Crippen LogP contribution in [0, 0.1) is 0 Å². The van der Waals surface area contributed by atoms with Crippen LogP contribution in [0.2, 0.25) is 0 Å². The second-order valence-corrected chi connectivity index (χ2v) is 10.0. The standard InChI is InChI=1S/C26H22N2O5S/c1-26(25(30)31,18-13-7-4-8-14-18)28-24(29)21-19-15-9-10-16-20(19)27-22(23(21)34(2,32)33)17-11-5-3-6-12-17/h3-16H,1-2H3,(H,28,29)(H,30,31). The molecule has 0 fully saturated rings. The maximum atomic E-state index is 13.7. The molecule has 1 amide bonds. The van der Waals surface area contributed by atoms with Crippen LogP contribution in [-0.2, 0) is 20.2 Å². The summed E-state index contributed by atoms with van der Waals surface area (Å²) >= 11 is 0. The molecule has 1 heterocycles. The van der Waals surface area contributed by atoms with Crippen molar-refractivity contribution in [2.75, 3.05) is 6.26 Å². The zero-order valence-electron chi connectivity index (χ0n) is 18.5. The van der Waals surface area contributed by atoms with Gasteiger partial charge in [-0.25, -0.2) is 18.2 Å². The van der Waals surface area contributed by atoms with E-state index >= 15 is 0 Å². The lowest BCUT2D eigenvalue weighted by molar-refractivity contribution is -0.144. The Hall–Kier alpha value is -4.04. The fourth-order valence-electron chi connectivity index (χ4n) is 3.88. The van der Waals surface area contributed by atoms with Gasteiger partial charge < -0.3 is 10.4 Å². The van der Waals surface area contributed by atoms with Gasteiger partial charge in [0.1, 0.15) is 4.90 Å². The molecule has 1 aromatic heterocycles. The Kier molecular flexibility index (Phi) is 5.93. The summed E-state index contributed by atoms with van der Waals surface area (Å²) in [4.78, 5) is 30.3. The van der Waals surface area contributed by atoms with E-state index in [9.17, 15) is 23.1 Å². The smallest absolute Gasteiger partial charge is 0.333 e. The van der Waals surface area contributed by atoms with Gasteiger partial charge in [0.2, 0.25) is 0 Å². The number of hydrogen-bond acceptors (Lipinski definition) is 5. The first kappa shape index (κ1) is 23.1. The van der Waals surface area contributed by atoms with Crippen molar-refractivity contribution in [2.45, 2.75) is 17.4 Å². The number of rotatable bonds is 6. The molecule has 4 rings (SSSR count). The molecule has 0 bridgehead atoms. The highest BCUT2D eigenvalue weighted by atomic mass is 32.2. The summed E-state index contributed by atoms with van der Waals surface area (Å²) in [5.74, 6) is -2.11. The van der Waals surface area contributed by atoms with Gasteiger partial charge >= 0.3 is 5.97 Å². The lowest BCUT2D eigenvalue weighted by Crippen LogP contribution is -2.49. The normalized spacial score (nSPS) is 13.2. The van der Waals surface area contributed by atoms with E-state index in [2.05, 4.69) is 10.3 Å². The number of carboxylic acids is 1. The Morgan fingerprint density at radius 2 is 1.44 bits per heavy atom. The molecule has 34 heavy (non-hydrogen) atoms. The summed E-state index contributed by atoms with van der Waals surface area (Å²) in [6.07, 6.45) is 1.01. The topological polar surface area (TPSA) is 113 Å². The molecule has 7 nitrogen and oxygen atoms in total. The molecule has 172 valence electrons. The van der Waals surface area contributed by atoms with Crippen LogP contribution >= 0.6 is 0 Å². The fourth-order valence-corrected chi connectivity index (χ4v) is 4.97. The van der Waals surface area contributed by atoms with Crippen molar-refractivity contribution in [2.24, 2.45) is 0 Å². The van der Waals surface area contributed by atoms with Gasteiger partial charge in [-0.05, 0) is 18.6 Å². The molecule has 0 saturated heterocycles. The molecule has 3 aromatic carbocycles. The van der Waals surface area contributed by atoms with Crippen LogP contribution in [0.15, 0.2) is 89.8 Å². The minimum atomic E-state index is -3.96. The third-order valence-electron chi connectivity index (χ3n) is 5.64. The Bertz CT molecular complexity index is 1500. The minimum absolute atomic E-state index is 0.128. The lowest BCUT2D eigenvalue weighted by Gasteiger charge is -2.27. The molecule has 1 unspecified atom stereocenters. The number of nitrogens with one attached hydrogen (secondary N) is 1. The molecule has 1 atom stereocenters. The summed E-state index contributed by atoms with van der Waals surface area (Å²) in [6.45, 7) is 1.37. The highest BCUT2D eigenvalue weighted by Gasteiger charge is 2.39. The molecule has 8 heteroatoms. The number of carbonyl (C=O) groups excluding carboxylic acids is 1. The number of carboxylic acid groups (broad SMARTS) is 1. The monoisotopic (exact) mass is 474 g/mol. The van der Waals surface area contributed by atoms with Crippen LogP contribution in [0.3, 0.4) is 0 Å². The zero-order valence-corrected chi connectivity index (χ0v) is 19.3. The van der Waals surface area contributed by atoms with Gasteiger partial charge in [-0.3, -0.25) is 4.79 Å². The van der Waals surface area contributed by atoms with E-state index < -0.39 is 27.3 Å². The van der Waals surface area contributed by atoms with E-state index in [1.165, 1.54) is 6.92 Å². The fraction of sp³-hybridized carbons (Fsp3) is 0.115. The Morgan fingerprint density at radius 3 is 2.03 bits per heavy atom. The van der Waals surface area contributed by atoms with Crippen LogP contribution in [0.5, 0.6) is 0 Å². The number of amides is 1. The second kappa shape index (κ2) is 8.72. The van der Waals surface area contributed by atoms with Crippen molar-refractivity contribution in [3.05, 3.63) is 96.1 Å². The van der Waals surface area contributed by atoms with Crippen LogP contribution in [0.1, 0.15) is 22.8 Å². The Balaban J connectivity index is 2.01. The first-order chi connectivity index (χ1) is 16.1. The minimum Gasteiger partial charge on any atom is -0.479 e. The molecule has 2 N–H and O–H groups in total. The molecule has 0 aliphatic heterocycles. The number of hydrogen-bond donors (Lipinski definition) is 2. The molecule has 0 spiro atoms. The number of nitrogens with zero attached hydrogens (tertiary/aromatic N) is 1. The van der Waals surface area contributed by atoms with Crippen molar-refractivity contribution in [1.82, 2.24) is 10.3 Å². The number of carbonyl (C=O) groups is 2. The predicted molar refractivity (Wildman–Crippen MR) is 129 cm³/mol. The molecule has 0 aliphatic rings. The van der Waals surface area contributed by atoms with Crippen molar-refractivity contribution in [3.8, 4) is 11.3 Å². The van der Waals surface area contributed by atoms with Crippen molar-refractivity contribution in [3.63, 3.8) is 0 Å². The number of pyridine rings is 1. The second-order valence-electron chi connectivity index (χ2n) is 8.07. The van der Waals surface area contributed by atoms with E-state index in [0.29, 0.717) is 22.0 Å². The van der Waals surface area contributed by atoms with Crippen molar-refractivity contribution < 1.29 is 23.1 Å². The summed E-state index contributed by atoms with van der Waals surface area (Å²) in [7, 11) is -3.96. The van der Waals surface area contributed by atoms with Crippen LogP contribution < -0.4 is 5.32 Å². The summed E-state index contributed by atoms with van der Waals surface area (Å²) < 4.78 is 26.1. The molecule has 0 saturated carbocycles. The van der Waals surface area contributed by atoms with Crippen LogP contribution in [0.4, 0.5) is 0 Å². The summed E-state index contributed by atoms with van der Waals surface area (Å²) in [5.41, 5.74) is -0.537.